The number of pyridine rings is 1. The second-order valence-electron chi connectivity index (χ2n) is 7.48. The van der Waals surface area contributed by atoms with Crippen LogP contribution in [0.1, 0.15) is 44.6 Å². The Balaban J connectivity index is 1.50. The zero-order valence-corrected chi connectivity index (χ0v) is 19.3. The molecule has 0 bridgehead atoms. The van der Waals surface area contributed by atoms with E-state index >= 15 is 0 Å². The van der Waals surface area contributed by atoms with E-state index in [2.05, 4.69) is 15.2 Å². The number of nitrogens with one attached hydrogen (secondary N) is 1. The first-order valence-electron chi connectivity index (χ1n) is 11.1. The Morgan fingerprint density at radius 1 is 1.23 bits per heavy atom. The highest BCUT2D eigenvalue weighted by molar-refractivity contribution is 7.99. The zero-order valence-electron chi connectivity index (χ0n) is 18.5. The summed E-state index contributed by atoms with van der Waals surface area (Å²) in [5.74, 6) is 2.06. The number of amides is 1. The van der Waals surface area contributed by atoms with Gasteiger partial charge in [-0.05, 0) is 55.8 Å². The summed E-state index contributed by atoms with van der Waals surface area (Å²) in [5.41, 5.74) is 1.23. The van der Waals surface area contributed by atoms with Crippen LogP contribution in [0, 0.1) is 0 Å². The van der Waals surface area contributed by atoms with E-state index in [1.54, 1.807) is 18.0 Å². The summed E-state index contributed by atoms with van der Waals surface area (Å²) in [4.78, 5) is 29.2. The number of thioether (sulfide) groups is 1. The van der Waals surface area contributed by atoms with Gasteiger partial charge in [-0.15, -0.1) is 0 Å². The van der Waals surface area contributed by atoms with Crippen LogP contribution in [0.25, 0.3) is 0 Å². The number of hydrogen-bond acceptors (Lipinski definition) is 7. The molecular weight excluding hydrogens is 414 g/mol. The highest BCUT2D eigenvalue weighted by atomic mass is 32.2. The van der Waals surface area contributed by atoms with E-state index in [0.29, 0.717) is 32.1 Å². The molecule has 1 aliphatic heterocycles. The van der Waals surface area contributed by atoms with Crippen molar-refractivity contribution in [1.29, 1.82) is 0 Å². The van der Waals surface area contributed by atoms with Crippen LogP contribution in [0.4, 0.5) is 0 Å². The smallest absolute Gasteiger partial charge is 0.302 e. The SMILES string of the molecule is CC(=O)OCCSCCCC(=O)NCC=CCOc1cc(CN2CCCCC2)ccn1. The topological polar surface area (TPSA) is 80.8 Å². The number of aromatic nitrogens is 1. The molecule has 1 amide bonds. The summed E-state index contributed by atoms with van der Waals surface area (Å²) in [7, 11) is 0. The van der Waals surface area contributed by atoms with Gasteiger partial charge in [-0.3, -0.25) is 14.5 Å². The van der Waals surface area contributed by atoms with Crippen LogP contribution in [-0.2, 0) is 20.9 Å². The molecule has 8 heteroatoms. The molecule has 1 fully saturated rings. The largest absolute Gasteiger partial charge is 0.473 e. The molecule has 0 radical (unpaired) electrons. The van der Waals surface area contributed by atoms with Gasteiger partial charge in [-0.25, -0.2) is 4.98 Å². The number of rotatable bonds is 14. The van der Waals surface area contributed by atoms with E-state index in [1.165, 1.54) is 44.8 Å². The number of likely N-dealkylation sites (tertiary alicyclic amines) is 1. The number of piperidine rings is 1. The number of hydrogen-bond donors (Lipinski definition) is 1. The lowest BCUT2D eigenvalue weighted by Gasteiger charge is -2.26. The fraction of sp³-hybridized carbons (Fsp3) is 0.609. The van der Waals surface area contributed by atoms with Crippen molar-refractivity contribution in [2.75, 3.05) is 44.4 Å². The molecule has 2 rings (SSSR count). The van der Waals surface area contributed by atoms with Gasteiger partial charge in [0.2, 0.25) is 11.8 Å². The van der Waals surface area contributed by atoms with E-state index in [0.717, 1.165) is 24.5 Å². The lowest BCUT2D eigenvalue weighted by Crippen LogP contribution is -2.29. The molecule has 2 heterocycles. The third-order valence-corrected chi connectivity index (χ3v) is 5.82. The van der Waals surface area contributed by atoms with Crippen molar-refractivity contribution in [2.45, 2.75) is 45.6 Å². The molecule has 7 nitrogen and oxygen atoms in total. The molecule has 1 aromatic heterocycles. The van der Waals surface area contributed by atoms with Gasteiger partial charge in [0.1, 0.15) is 13.2 Å². The molecule has 0 atom stereocenters. The van der Waals surface area contributed by atoms with Gasteiger partial charge in [0.25, 0.3) is 0 Å². The van der Waals surface area contributed by atoms with Crippen molar-refractivity contribution in [3.63, 3.8) is 0 Å². The highest BCUT2D eigenvalue weighted by Gasteiger charge is 2.10. The monoisotopic (exact) mass is 449 g/mol. The second kappa shape index (κ2) is 15.7. The minimum atomic E-state index is -0.254. The third kappa shape index (κ3) is 12.4. The normalized spacial score (nSPS) is 14.5. The fourth-order valence-corrected chi connectivity index (χ4v) is 3.98. The second-order valence-corrected chi connectivity index (χ2v) is 8.71. The Morgan fingerprint density at radius 2 is 2.06 bits per heavy atom. The van der Waals surface area contributed by atoms with Gasteiger partial charge in [0, 0.05) is 44.5 Å². The maximum Gasteiger partial charge on any atom is 0.302 e. The van der Waals surface area contributed by atoms with Crippen LogP contribution >= 0.6 is 11.8 Å². The predicted octanol–water partition coefficient (Wildman–Crippen LogP) is 3.20. The molecule has 1 aromatic rings. The average Bonchev–Trinajstić information content (AvgIpc) is 2.76. The minimum Gasteiger partial charge on any atom is -0.473 e. The van der Waals surface area contributed by atoms with Crippen LogP contribution < -0.4 is 10.1 Å². The van der Waals surface area contributed by atoms with Gasteiger partial charge in [-0.2, -0.15) is 11.8 Å². The van der Waals surface area contributed by atoms with Gasteiger partial charge in [-0.1, -0.05) is 12.5 Å². The molecule has 0 spiro atoms. The van der Waals surface area contributed by atoms with Gasteiger partial charge < -0.3 is 14.8 Å². The summed E-state index contributed by atoms with van der Waals surface area (Å²) in [6.45, 7) is 6.03. The average molecular weight is 450 g/mol. The Bertz CT molecular complexity index is 693. The summed E-state index contributed by atoms with van der Waals surface area (Å²) in [6.07, 6.45) is 10.8. The molecule has 0 saturated carbocycles. The zero-order chi connectivity index (χ0) is 22.2. The number of ether oxygens (including phenoxy) is 2. The molecule has 172 valence electrons. The van der Waals surface area contributed by atoms with Crippen LogP contribution in [0.15, 0.2) is 30.5 Å². The fourth-order valence-electron chi connectivity index (χ4n) is 3.23. The predicted molar refractivity (Wildman–Crippen MR) is 124 cm³/mol. The molecule has 0 aliphatic carbocycles. The quantitative estimate of drug-likeness (QED) is 0.265. The van der Waals surface area contributed by atoms with E-state index in [-0.39, 0.29) is 11.9 Å². The number of esters is 1. The Morgan fingerprint density at radius 3 is 2.87 bits per heavy atom. The minimum absolute atomic E-state index is 0.0400. The standard InChI is InChI=1S/C23H35N3O4S/c1-20(27)29-15-17-31-16-7-8-22(28)24-10-3-6-14-30-23-18-21(9-11-25-23)19-26-12-4-2-5-13-26/h3,6,9,11,18H,2,4-5,7-8,10,12-17,19H2,1H3,(H,24,28). The number of carbonyl (C=O) groups is 2. The van der Waals surface area contributed by atoms with Gasteiger partial charge in [0.05, 0.1) is 0 Å². The summed E-state index contributed by atoms with van der Waals surface area (Å²) < 4.78 is 10.6. The summed E-state index contributed by atoms with van der Waals surface area (Å²) in [6, 6.07) is 4.06. The molecule has 0 aromatic carbocycles. The maximum atomic E-state index is 11.8. The Hall–Kier alpha value is -2.06. The van der Waals surface area contributed by atoms with E-state index in [9.17, 15) is 9.59 Å². The summed E-state index contributed by atoms with van der Waals surface area (Å²) >= 11 is 1.68. The van der Waals surface area contributed by atoms with Crippen LogP contribution in [0.2, 0.25) is 0 Å². The van der Waals surface area contributed by atoms with Crippen LogP contribution in [0.5, 0.6) is 5.88 Å². The number of nitrogens with zero attached hydrogens (tertiary/aromatic N) is 2. The Kier molecular flexibility index (Phi) is 12.8. The van der Waals surface area contributed by atoms with Crippen LogP contribution in [-0.4, -0.2) is 66.1 Å². The third-order valence-electron chi connectivity index (χ3n) is 4.79. The number of carbonyl (C=O) groups excluding carboxylic acids is 2. The highest BCUT2D eigenvalue weighted by Crippen LogP contribution is 2.15. The lowest BCUT2D eigenvalue weighted by atomic mass is 10.1. The van der Waals surface area contributed by atoms with Crippen molar-refractivity contribution in [3.05, 3.63) is 36.0 Å². The van der Waals surface area contributed by atoms with Crippen molar-refractivity contribution in [1.82, 2.24) is 15.2 Å². The van der Waals surface area contributed by atoms with Crippen molar-refractivity contribution in [2.24, 2.45) is 0 Å². The van der Waals surface area contributed by atoms with E-state index < -0.39 is 0 Å². The first kappa shape index (κ1) is 25.2. The molecule has 31 heavy (non-hydrogen) atoms. The molecule has 1 N–H and O–H groups in total. The molecule has 1 aliphatic rings. The maximum absolute atomic E-state index is 11.8. The lowest BCUT2D eigenvalue weighted by molar-refractivity contribution is -0.140. The van der Waals surface area contributed by atoms with E-state index in [1.807, 2.05) is 24.3 Å². The van der Waals surface area contributed by atoms with Crippen molar-refractivity contribution in [3.8, 4) is 5.88 Å². The first-order chi connectivity index (χ1) is 15.1. The summed E-state index contributed by atoms with van der Waals surface area (Å²) in [5, 5.41) is 2.87. The van der Waals surface area contributed by atoms with Gasteiger partial charge in [0.15, 0.2) is 0 Å². The van der Waals surface area contributed by atoms with Crippen LogP contribution in [0.3, 0.4) is 0 Å². The van der Waals surface area contributed by atoms with Crippen molar-refractivity contribution < 1.29 is 19.1 Å². The van der Waals surface area contributed by atoms with Crippen molar-refractivity contribution >= 4 is 23.6 Å². The molecule has 1 saturated heterocycles. The van der Waals surface area contributed by atoms with E-state index in [4.69, 9.17) is 9.47 Å². The first-order valence-corrected chi connectivity index (χ1v) is 12.2. The molecule has 0 unspecified atom stereocenters. The Labute approximate surface area is 190 Å². The molecular formula is C23H35N3O4S. The van der Waals surface area contributed by atoms with Gasteiger partial charge >= 0.3 is 5.97 Å².